The van der Waals surface area contributed by atoms with Crippen LogP contribution in [0.15, 0.2) is 24.3 Å². The number of carboxylic acids is 1. The molecule has 0 radical (unpaired) electrons. The third kappa shape index (κ3) is 1.89. The van der Waals surface area contributed by atoms with Gasteiger partial charge in [0.1, 0.15) is 0 Å². The Morgan fingerprint density at radius 3 is 2.20 bits per heavy atom. The minimum absolute atomic E-state index is 0.275. The minimum Gasteiger partial charge on any atom is -0.478 e. The molecule has 0 saturated heterocycles. The van der Waals surface area contributed by atoms with Gasteiger partial charge in [-0.2, -0.15) is 0 Å². The summed E-state index contributed by atoms with van der Waals surface area (Å²) in [4.78, 5) is 10.7. The number of aromatic carboxylic acids is 1. The van der Waals surface area contributed by atoms with Crippen molar-refractivity contribution in [2.45, 2.75) is 38.0 Å². The summed E-state index contributed by atoms with van der Waals surface area (Å²) in [7, 11) is 0. The summed E-state index contributed by atoms with van der Waals surface area (Å²) in [5, 5.41) is 8.81. The van der Waals surface area contributed by atoms with Gasteiger partial charge >= 0.3 is 5.97 Å². The van der Waals surface area contributed by atoms with Gasteiger partial charge in [-0.05, 0) is 36.0 Å². The largest absolute Gasteiger partial charge is 0.478 e. The third-order valence-electron chi connectivity index (χ3n) is 3.54. The lowest BCUT2D eigenvalue weighted by Crippen LogP contribution is -2.16. The first-order valence-electron chi connectivity index (χ1n) is 5.46. The smallest absolute Gasteiger partial charge is 0.335 e. The van der Waals surface area contributed by atoms with E-state index in [-0.39, 0.29) is 5.41 Å². The maximum absolute atomic E-state index is 10.7. The van der Waals surface area contributed by atoms with E-state index in [4.69, 9.17) is 5.11 Å². The lowest BCUT2D eigenvalue weighted by Gasteiger charge is -2.24. The highest BCUT2D eigenvalue weighted by atomic mass is 16.4. The van der Waals surface area contributed by atoms with Gasteiger partial charge in [-0.15, -0.1) is 0 Å². The van der Waals surface area contributed by atoms with E-state index < -0.39 is 5.97 Å². The van der Waals surface area contributed by atoms with Crippen LogP contribution in [-0.4, -0.2) is 11.1 Å². The van der Waals surface area contributed by atoms with Crippen molar-refractivity contribution < 1.29 is 9.90 Å². The van der Waals surface area contributed by atoms with Crippen LogP contribution in [-0.2, 0) is 5.41 Å². The van der Waals surface area contributed by atoms with Gasteiger partial charge in [0.2, 0.25) is 0 Å². The van der Waals surface area contributed by atoms with Crippen LogP contribution in [0.5, 0.6) is 0 Å². The van der Waals surface area contributed by atoms with Crippen LogP contribution in [0.1, 0.15) is 48.5 Å². The molecule has 2 rings (SSSR count). The molecular formula is C13H16O2. The monoisotopic (exact) mass is 204 g/mol. The predicted molar refractivity (Wildman–Crippen MR) is 59.2 cm³/mol. The summed E-state index contributed by atoms with van der Waals surface area (Å²) in [6, 6.07) is 7.35. The zero-order chi connectivity index (χ0) is 10.9. The fourth-order valence-electron chi connectivity index (χ4n) is 2.46. The maximum Gasteiger partial charge on any atom is 0.335 e. The van der Waals surface area contributed by atoms with Gasteiger partial charge in [0.05, 0.1) is 5.56 Å². The molecule has 1 fully saturated rings. The van der Waals surface area contributed by atoms with Crippen LogP contribution in [0.3, 0.4) is 0 Å². The summed E-state index contributed by atoms with van der Waals surface area (Å²) in [6.07, 6.45) is 5.02. The molecular weight excluding hydrogens is 188 g/mol. The summed E-state index contributed by atoms with van der Waals surface area (Å²) >= 11 is 0. The summed E-state index contributed by atoms with van der Waals surface area (Å²) in [5.41, 5.74) is 1.93. The van der Waals surface area contributed by atoms with E-state index in [0.717, 1.165) is 0 Å². The Bertz CT molecular complexity index is 359. The first kappa shape index (κ1) is 10.2. The molecule has 2 nitrogen and oxygen atoms in total. The van der Waals surface area contributed by atoms with E-state index in [2.05, 4.69) is 6.92 Å². The third-order valence-corrected chi connectivity index (χ3v) is 3.54. The second kappa shape index (κ2) is 3.69. The average Bonchev–Trinajstić information content (AvgIpc) is 2.67. The van der Waals surface area contributed by atoms with Crippen molar-refractivity contribution in [3.05, 3.63) is 35.4 Å². The molecule has 1 aromatic carbocycles. The molecule has 0 atom stereocenters. The van der Waals surface area contributed by atoms with Crippen molar-refractivity contribution in [2.75, 3.05) is 0 Å². The van der Waals surface area contributed by atoms with E-state index in [1.165, 1.54) is 31.2 Å². The van der Waals surface area contributed by atoms with Crippen LogP contribution < -0.4 is 0 Å². The van der Waals surface area contributed by atoms with Crippen LogP contribution in [0.25, 0.3) is 0 Å². The zero-order valence-corrected chi connectivity index (χ0v) is 8.99. The number of rotatable bonds is 2. The minimum atomic E-state index is -0.849. The van der Waals surface area contributed by atoms with Gasteiger partial charge in [0, 0.05) is 0 Å². The standard InChI is InChI=1S/C13H16O2/c1-13(8-2-3-9-13)11-6-4-10(5-7-11)12(14)15/h4-7H,2-3,8-9H2,1H3,(H,14,15). The fraction of sp³-hybridized carbons (Fsp3) is 0.462. The Balaban J connectivity index is 2.26. The van der Waals surface area contributed by atoms with E-state index in [1.807, 2.05) is 12.1 Å². The van der Waals surface area contributed by atoms with Gasteiger partial charge in [-0.1, -0.05) is 31.9 Å². The molecule has 15 heavy (non-hydrogen) atoms. The topological polar surface area (TPSA) is 37.3 Å². The molecule has 1 saturated carbocycles. The molecule has 0 bridgehead atoms. The Hall–Kier alpha value is -1.31. The van der Waals surface area contributed by atoms with Crippen molar-refractivity contribution in [3.8, 4) is 0 Å². The second-order valence-electron chi connectivity index (χ2n) is 4.65. The Kier molecular flexibility index (Phi) is 2.51. The molecule has 0 unspecified atom stereocenters. The van der Waals surface area contributed by atoms with Gasteiger partial charge < -0.3 is 5.11 Å². The van der Waals surface area contributed by atoms with Gasteiger partial charge in [-0.25, -0.2) is 4.79 Å². The first-order valence-corrected chi connectivity index (χ1v) is 5.46. The van der Waals surface area contributed by atoms with E-state index in [0.29, 0.717) is 5.56 Å². The van der Waals surface area contributed by atoms with E-state index in [1.54, 1.807) is 12.1 Å². The van der Waals surface area contributed by atoms with Gasteiger partial charge in [0.25, 0.3) is 0 Å². The van der Waals surface area contributed by atoms with E-state index >= 15 is 0 Å². The highest BCUT2D eigenvalue weighted by Gasteiger charge is 2.30. The highest BCUT2D eigenvalue weighted by Crippen LogP contribution is 2.40. The number of carbonyl (C=O) groups is 1. The molecule has 1 aliphatic rings. The first-order chi connectivity index (χ1) is 7.12. The van der Waals surface area contributed by atoms with Crippen molar-refractivity contribution in [1.29, 1.82) is 0 Å². The SMILES string of the molecule is CC1(c2ccc(C(=O)O)cc2)CCCC1. The molecule has 1 aromatic rings. The Labute approximate surface area is 89.9 Å². The summed E-state index contributed by atoms with van der Waals surface area (Å²) in [5.74, 6) is -0.849. The Morgan fingerprint density at radius 2 is 1.73 bits per heavy atom. The second-order valence-corrected chi connectivity index (χ2v) is 4.65. The lowest BCUT2D eigenvalue weighted by atomic mass is 9.81. The molecule has 0 aliphatic heterocycles. The number of carboxylic acid groups (broad SMARTS) is 1. The molecule has 80 valence electrons. The molecule has 1 aliphatic carbocycles. The zero-order valence-electron chi connectivity index (χ0n) is 8.99. The van der Waals surface area contributed by atoms with Crippen molar-refractivity contribution in [2.24, 2.45) is 0 Å². The van der Waals surface area contributed by atoms with Crippen LogP contribution in [0.4, 0.5) is 0 Å². The van der Waals surface area contributed by atoms with E-state index in [9.17, 15) is 4.79 Å². The normalized spacial score (nSPS) is 19.0. The van der Waals surface area contributed by atoms with Gasteiger partial charge in [-0.3, -0.25) is 0 Å². The quantitative estimate of drug-likeness (QED) is 0.803. The summed E-state index contributed by atoms with van der Waals surface area (Å²) in [6.45, 7) is 2.27. The Morgan fingerprint density at radius 1 is 1.20 bits per heavy atom. The van der Waals surface area contributed by atoms with Crippen molar-refractivity contribution in [1.82, 2.24) is 0 Å². The number of hydrogen-bond donors (Lipinski definition) is 1. The van der Waals surface area contributed by atoms with Gasteiger partial charge in [0.15, 0.2) is 0 Å². The molecule has 0 heterocycles. The van der Waals surface area contributed by atoms with Crippen molar-refractivity contribution >= 4 is 5.97 Å². The average molecular weight is 204 g/mol. The molecule has 1 N–H and O–H groups in total. The van der Waals surface area contributed by atoms with Crippen LogP contribution in [0.2, 0.25) is 0 Å². The maximum atomic E-state index is 10.7. The lowest BCUT2D eigenvalue weighted by molar-refractivity contribution is 0.0697. The fourth-order valence-corrected chi connectivity index (χ4v) is 2.46. The molecule has 0 amide bonds. The molecule has 0 aromatic heterocycles. The predicted octanol–water partition coefficient (Wildman–Crippen LogP) is 3.22. The number of hydrogen-bond acceptors (Lipinski definition) is 1. The molecule has 2 heteroatoms. The van der Waals surface area contributed by atoms with Crippen LogP contribution in [0, 0.1) is 0 Å². The molecule has 0 spiro atoms. The van der Waals surface area contributed by atoms with Crippen molar-refractivity contribution in [3.63, 3.8) is 0 Å². The van der Waals surface area contributed by atoms with Crippen LogP contribution >= 0.6 is 0 Å². The highest BCUT2D eigenvalue weighted by molar-refractivity contribution is 5.87. The number of benzene rings is 1. The summed E-state index contributed by atoms with van der Waals surface area (Å²) < 4.78 is 0.